The third kappa shape index (κ3) is 8.41. The molecule has 1 unspecified atom stereocenters. The molecule has 16 nitrogen and oxygen atoms in total. The quantitative estimate of drug-likeness (QED) is 0.183. The van der Waals surface area contributed by atoms with E-state index in [1.165, 1.54) is 7.05 Å². The van der Waals surface area contributed by atoms with Crippen LogP contribution in [0.3, 0.4) is 0 Å². The number of pyridine rings is 1. The highest BCUT2D eigenvalue weighted by atomic mass is 35.5. The van der Waals surface area contributed by atoms with Crippen molar-refractivity contribution in [3.8, 4) is 5.75 Å². The maximum Gasteiger partial charge on any atom is 0.293 e. The number of ether oxygens (including phenoxy) is 2. The number of amides is 4. The van der Waals surface area contributed by atoms with Gasteiger partial charge in [0, 0.05) is 74.6 Å². The fraction of sp³-hybridized carbons (Fsp3) is 0.452. The normalized spacial score (nSPS) is 19.0. The molecule has 3 saturated heterocycles. The van der Waals surface area contributed by atoms with Gasteiger partial charge >= 0.3 is 0 Å². The van der Waals surface area contributed by atoms with Gasteiger partial charge < -0.3 is 39.4 Å². The number of nitrogens with one attached hydrogen (secondary N) is 3. The van der Waals surface area contributed by atoms with Gasteiger partial charge in [-0.3, -0.25) is 29.3 Å². The number of benzene rings is 2. The van der Waals surface area contributed by atoms with Crippen molar-refractivity contribution in [2.24, 2.45) is 0 Å². The Balaban J connectivity index is 0.847. The van der Waals surface area contributed by atoms with Crippen LogP contribution in [0.5, 0.6) is 5.75 Å². The predicted molar refractivity (Wildman–Crippen MR) is 223 cm³/mol. The molecule has 310 valence electrons. The van der Waals surface area contributed by atoms with E-state index in [-0.39, 0.29) is 60.3 Å². The Kier molecular flexibility index (Phi) is 11.4. The average molecular weight is 826 g/mol. The number of fused-ring (bicyclic) bond motifs is 2. The van der Waals surface area contributed by atoms with Crippen LogP contribution in [-0.2, 0) is 25.7 Å². The molecule has 2 aromatic carbocycles. The van der Waals surface area contributed by atoms with Gasteiger partial charge in [0.2, 0.25) is 17.8 Å². The Bertz CT molecular complexity index is 2350. The van der Waals surface area contributed by atoms with Crippen molar-refractivity contribution < 1.29 is 28.7 Å². The number of rotatable bonds is 11. The summed E-state index contributed by atoms with van der Waals surface area (Å²) in [4.78, 5) is 77.7. The summed E-state index contributed by atoms with van der Waals surface area (Å²) in [5.41, 5.74) is 3.70. The Morgan fingerprint density at radius 2 is 1.68 bits per heavy atom. The monoisotopic (exact) mass is 825 g/mol. The van der Waals surface area contributed by atoms with Crippen molar-refractivity contribution in [2.45, 2.75) is 83.2 Å². The molecule has 0 saturated carbocycles. The standard InChI is InChI=1S/C42H48ClN9O7/c1-24(2)52-33-7-4-27(18-25(33)20-35(41(52)57)58-23-37(54)44-3)46-38-32(43)21-45-42(48-38)50-16-12-30(13-17-50)59-29-10-14-49(15-11-29)28-5-6-31-26(19-28)22-51(40(31)56)34-8-9-36(53)47-39(34)55/h4-7,18-21,24,29-30,34H,8-17,22-23H2,1-3H3,(H,44,54)(H,45,46,48)(H,47,53,55). The molecule has 4 aromatic rings. The molecular weight excluding hydrogens is 778 g/mol. The van der Waals surface area contributed by atoms with E-state index in [1.807, 2.05) is 44.2 Å². The Morgan fingerprint density at radius 3 is 2.37 bits per heavy atom. The van der Waals surface area contributed by atoms with Crippen molar-refractivity contribution in [2.75, 3.05) is 55.0 Å². The summed E-state index contributed by atoms with van der Waals surface area (Å²) in [5.74, 6) is -0.0856. The molecule has 8 rings (SSSR count). The fourth-order valence-electron chi connectivity index (χ4n) is 8.44. The van der Waals surface area contributed by atoms with Gasteiger partial charge in [0.1, 0.15) is 11.1 Å². The molecule has 1 atom stereocenters. The maximum absolute atomic E-state index is 13.2. The van der Waals surface area contributed by atoms with Gasteiger partial charge in [-0.1, -0.05) is 11.6 Å². The number of imide groups is 1. The fourth-order valence-corrected chi connectivity index (χ4v) is 8.57. The predicted octanol–water partition coefficient (Wildman–Crippen LogP) is 4.31. The molecular formula is C42H48ClN9O7. The van der Waals surface area contributed by atoms with Gasteiger partial charge in [0.05, 0.1) is 23.9 Å². The zero-order valence-corrected chi connectivity index (χ0v) is 34.1. The lowest BCUT2D eigenvalue weighted by Crippen LogP contribution is -2.52. The first-order chi connectivity index (χ1) is 28.4. The largest absolute Gasteiger partial charge is 0.478 e. The van der Waals surface area contributed by atoms with Crippen molar-refractivity contribution in [1.29, 1.82) is 0 Å². The van der Waals surface area contributed by atoms with Crippen LogP contribution in [0, 0.1) is 0 Å². The molecule has 4 amide bonds. The van der Waals surface area contributed by atoms with Crippen molar-refractivity contribution >= 4 is 69.3 Å². The minimum absolute atomic E-state index is 0.0876. The van der Waals surface area contributed by atoms with E-state index in [4.69, 9.17) is 26.1 Å². The molecule has 0 bridgehead atoms. The summed E-state index contributed by atoms with van der Waals surface area (Å²) in [7, 11) is 1.51. The van der Waals surface area contributed by atoms with Gasteiger partial charge in [-0.25, -0.2) is 4.98 Å². The number of halogens is 1. The first-order valence-corrected chi connectivity index (χ1v) is 20.6. The molecule has 59 heavy (non-hydrogen) atoms. The highest BCUT2D eigenvalue weighted by molar-refractivity contribution is 6.33. The van der Waals surface area contributed by atoms with E-state index in [2.05, 4.69) is 36.8 Å². The van der Waals surface area contributed by atoms with Crippen LogP contribution >= 0.6 is 11.6 Å². The van der Waals surface area contributed by atoms with Gasteiger partial charge in [0.25, 0.3) is 17.4 Å². The van der Waals surface area contributed by atoms with Crippen LogP contribution in [-0.4, -0.2) is 101 Å². The van der Waals surface area contributed by atoms with Gasteiger partial charge in [-0.15, -0.1) is 0 Å². The Morgan fingerprint density at radius 1 is 0.949 bits per heavy atom. The number of hydrogen-bond donors (Lipinski definition) is 3. The third-order valence-electron chi connectivity index (χ3n) is 11.6. The number of likely N-dealkylation sites (N-methyl/N-ethyl adjacent to an activating group) is 1. The molecule has 0 radical (unpaired) electrons. The first-order valence-electron chi connectivity index (χ1n) is 20.2. The number of carbonyl (C=O) groups is 4. The first kappa shape index (κ1) is 40.1. The van der Waals surface area contributed by atoms with Gasteiger partial charge in [-0.2, -0.15) is 4.98 Å². The number of nitrogens with zero attached hydrogens (tertiary/aromatic N) is 6. The number of hydrogen-bond acceptors (Lipinski definition) is 12. The highest BCUT2D eigenvalue weighted by Crippen LogP contribution is 2.33. The second kappa shape index (κ2) is 16.9. The summed E-state index contributed by atoms with van der Waals surface area (Å²) in [6.45, 7) is 7.07. The number of aromatic nitrogens is 3. The zero-order valence-electron chi connectivity index (χ0n) is 33.3. The molecule has 3 fully saturated rings. The summed E-state index contributed by atoms with van der Waals surface area (Å²) in [6, 6.07) is 12.4. The molecule has 2 aromatic heterocycles. The van der Waals surface area contributed by atoms with Crippen LogP contribution < -0.4 is 36.0 Å². The topological polar surface area (TPSA) is 180 Å². The zero-order chi connectivity index (χ0) is 41.4. The number of piperidine rings is 3. The van der Waals surface area contributed by atoms with Gasteiger partial charge in [-0.05, 0) is 94.0 Å². The van der Waals surface area contributed by atoms with Crippen LogP contribution in [0.4, 0.5) is 23.1 Å². The minimum atomic E-state index is -0.625. The van der Waals surface area contributed by atoms with Crippen LogP contribution in [0.2, 0.25) is 5.02 Å². The van der Waals surface area contributed by atoms with Crippen molar-refractivity contribution in [1.82, 2.24) is 30.1 Å². The second-order valence-corrected chi connectivity index (χ2v) is 16.2. The van der Waals surface area contributed by atoms with E-state index in [0.29, 0.717) is 41.0 Å². The molecule has 6 heterocycles. The van der Waals surface area contributed by atoms with E-state index >= 15 is 0 Å². The van der Waals surface area contributed by atoms with Gasteiger partial charge in [0.15, 0.2) is 18.2 Å². The summed E-state index contributed by atoms with van der Waals surface area (Å²) in [5, 5.41) is 9.30. The molecule has 3 N–H and O–H groups in total. The van der Waals surface area contributed by atoms with Crippen LogP contribution in [0.1, 0.15) is 74.3 Å². The lowest BCUT2D eigenvalue weighted by atomic mass is 10.0. The Hall–Kier alpha value is -5.74. The molecule has 4 aliphatic heterocycles. The van der Waals surface area contributed by atoms with Crippen LogP contribution in [0.15, 0.2) is 53.5 Å². The molecule has 0 spiro atoms. The summed E-state index contributed by atoms with van der Waals surface area (Å²) < 4.78 is 13.9. The smallest absolute Gasteiger partial charge is 0.293 e. The third-order valence-corrected chi connectivity index (χ3v) is 11.9. The number of carbonyl (C=O) groups excluding carboxylic acids is 4. The van der Waals surface area contributed by atoms with Crippen LogP contribution in [0.25, 0.3) is 10.9 Å². The highest BCUT2D eigenvalue weighted by Gasteiger charge is 2.39. The van der Waals surface area contributed by atoms with Crippen molar-refractivity contribution in [3.63, 3.8) is 0 Å². The van der Waals surface area contributed by atoms with E-state index in [0.717, 1.165) is 74.0 Å². The van der Waals surface area contributed by atoms with E-state index in [9.17, 15) is 24.0 Å². The minimum Gasteiger partial charge on any atom is -0.478 e. The molecule has 0 aliphatic carbocycles. The maximum atomic E-state index is 13.2. The van der Waals surface area contributed by atoms with E-state index < -0.39 is 11.9 Å². The summed E-state index contributed by atoms with van der Waals surface area (Å²) >= 11 is 6.59. The Labute approximate surface area is 346 Å². The summed E-state index contributed by atoms with van der Waals surface area (Å²) in [6.07, 6.45) is 5.91. The molecule has 4 aliphatic rings. The average Bonchev–Trinajstić information content (AvgIpc) is 3.55. The number of anilines is 4. The lowest BCUT2D eigenvalue weighted by Gasteiger charge is -2.38. The SMILES string of the molecule is CNC(=O)COc1cc2cc(Nc3nc(N4CCC(OC5CCN(c6ccc7c(c6)CN(C6CCC(=O)NC6=O)C7=O)CC5)CC4)ncc3Cl)ccc2n(C(C)C)c1=O. The molecule has 17 heteroatoms. The van der Waals surface area contributed by atoms with Crippen molar-refractivity contribution in [3.05, 3.63) is 75.2 Å². The van der Waals surface area contributed by atoms with E-state index in [1.54, 1.807) is 21.7 Å². The second-order valence-electron chi connectivity index (χ2n) is 15.8. The lowest BCUT2D eigenvalue weighted by molar-refractivity contribution is -0.137.